The lowest BCUT2D eigenvalue weighted by atomic mass is 10.0. The van der Waals surface area contributed by atoms with Gasteiger partial charge in [0.2, 0.25) is 0 Å². The van der Waals surface area contributed by atoms with Crippen LogP contribution >= 0.6 is 0 Å². The first-order valence-corrected chi connectivity index (χ1v) is 7.87. The van der Waals surface area contributed by atoms with Gasteiger partial charge in [0.15, 0.2) is 0 Å². The second kappa shape index (κ2) is 8.22. The van der Waals surface area contributed by atoms with Gasteiger partial charge in [-0.1, -0.05) is 55.0 Å². The zero-order valence-electron chi connectivity index (χ0n) is 13.9. The Kier molecular flexibility index (Phi) is 6.03. The smallest absolute Gasteiger partial charge is 0.315 e. The van der Waals surface area contributed by atoms with Crippen molar-refractivity contribution in [1.29, 1.82) is 0 Å². The molecule has 122 valence electrons. The molecule has 2 aromatic carbocycles. The minimum absolute atomic E-state index is 0.00766. The average Bonchev–Trinajstić information content (AvgIpc) is 2.59. The Morgan fingerprint density at radius 1 is 1.13 bits per heavy atom. The number of carbonyl (C=O) groups excluding carboxylic acids is 1. The van der Waals surface area contributed by atoms with Crippen molar-refractivity contribution >= 4 is 6.03 Å². The van der Waals surface area contributed by atoms with Gasteiger partial charge in [-0.25, -0.2) is 4.79 Å². The molecule has 0 aliphatic heterocycles. The molecule has 0 fully saturated rings. The molecule has 2 rings (SSSR count). The van der Waals surface area contributed by atoms with E-state index in [2.05, 4.69) is 48.7 Å². The largest absolute Gasteiger partial charge is 0.496 e. The van der Waals surface area contributed by atoms with E-state index in [0.29, 0.717) is 6.54 Å². The third-order valence-electron chi connectivity index (χ3n) is 3.83. The number of hydrogen-bond donors (Lipinski definition) is 2. The first kappa shape index (κ1) is 16.9. The van der Waals surface area contributed by atoms with Crippen molar-refractivity contribution in [2.45, 2.75) is 32.9 Å². The van der Waals surface area contributed by atoms with Crippen LogP contribution in [0.5, 0.6) is 5.75 Å². The number of methoxy groups -OCH3 is 1. The van der Waals surface area contributed by atoms with Gasteiger partial charge in [-0.05, 0) is 25.0 Å². The Hall–Kier alpha value is -2.49. The van der Waals surface area contributed by atoms with Crippen LogP contribution in [0.25, 0.3) is 0 Å². The van der Waals surface area contributed by atoms with Gasteiger partial charge in [-0.2, -0.15) is 0 Å². The van der Waals surface area contributed by atoms with Crippen LogP contribution in [0.4, 0.5) is 4.79 Å². The van der Waals surface area contributed by atoms with Gasteiger partial charge in [0.25, 0.3) is 0 Å². The van der Waals surface area contributed by atoms with Crippen molar-refractivity contribution in [2.24, 2.45) is 0 Å². The van der Waals surface area contributed by atoms with Gasteiger partial charge < -0.3 is 15.4 Å². The molecule has 2 N–H and O–H groups in total. The van der Waals surface area contributed by atoms with E-state index in [1.165, 1.54) is 5.56 Å². The normalized spacial score (nSPS) is 11.6. The maximum atomic E-state index is 12.2. The molecule has 0 aliphatic rings. The van der Waals surface area contributed by atoms with E-state index in [0.717, 1.165) is 23.3 Å². The SMILES string of the molecule is CC[C@H](NC(=O)NCc1ccccc1OC)c1ccc(C)cc1. The number of rotatable bonds is 6. The minimum atomic E-state index is -0.177. The molecule has 0 heterocycles. The topological polar surface area (TPSA) is 50.4 Å². The predicted molar refractivity (Wildman–Crippen MR) is 92.6 cm³/mol. The van der Waals surface area contributed by atoms with Crippen LogP contribution in [0, 0.1) is 6.92 Å². The molecule has 0 aromatic heterocycles. The summed E-state index contributed by atoms with van der Waals surface area (Å²) in [6.07, 6.45) is 0.838. The molecule has 2 aromatic rings. The molecule has 0 radical (unpaired) electrons. The van der Waals surface area contributed by atoms with Gasteiger partial charge in [-0.3, -0.25) is 0 Å². The molecule has 0 spiro atoms. The summed E-state index contributed by atoms with van der Waals surface area (Å²) >= 11 is 0. The van der Waals surface area contributed by atoms with Crippen molar-refractivity contribution in [3.05, 3.63) is 65.2 Å². The van der Waals surface area contributed by atoms with E-state index < -0.39 is 0 Å². The van der Waals surface area contributed by atoms with E-state index in [1.807, 2.05) is 24.3 Å². The van der Waals surface area contributed by atoms with Gasteiger partial charge in [0.05, 0.1) is 13.2 Å². The lowest BCUT2D eigenvalue weighted by molar-refractivity contribution is 0.236. The van der Waals surface area contributed by atoms with Crippen LogP contribution in [0.1, 0.15) is 36.1 Å². The van der Waals surface area contributed by atoms with Gasteiger partial charge in [0, 0.05) is 12.1 Å². The lowest BCUT2D eigenvalue weighted by Crippen LogP contribution is -2.37. The average molecular weight is 312 g/mol. The molecule has 2 amide bonds. The van der Waals surface area contributed by atoms with E-state index in [1.54, 1.807) is 7.11 Å². The highest BCUT2D eigenvalue weighted by molar-refractivity contribution is 5.74. The Labute approximate surface area is 137 Å². The Bertz CT molecular complexity index is 638. The van der Waals surface area contributed by atoms with Crippen LogP contribution in [-0.4, -0.2) is 13.1 Å². The minimum Gasteiger partial charge on any atom is -0.496 e. The zero-order chi connectivity index (χ0) is 16.7. The molecule has 4 heteroatoms. The summed E-state index contributed by atoms with van der Waals surface area (Å²) in [5.41, 5.74) is 3.28. The van der Waals surface area contributed by atoms with Crippen LogP contribution < -0.4 is 15.4 Å². The number of ether oxygens (including phenoxy) is 1. The first-order valence-electron chi connectivity index (χ1n) is 7.87. The predicted octanol–water partition coefficient (Wildman–Crippen LogP) is 3.95. The lowest BCUT2D eigenvalue weighted by Gasteiger charge is -2.18. The van der Waals surface area contributed by atoms with Crippen molar-refractivity contribution in [2.75, 3.05) is 7.11 Å². The maximum Gasteiger partial charge on any atom is 0.315 e. The quantitative estimate of drug-likeness (QED) is 0.848. The molecule has 0 bridgehead atoms. The highest BCUT2D eigenvalue weighted by Gasteiger charge is 2.12. The Morgan fingerprint density at radius 3 is 2.48 bits per heavy atom. The zero-order valence-corrected chi connectivity index (χ0v) is 13.9. The third-order valence-corrected chi connectivity index (χ3v) is 3.83. The van der Waals surface area contributed by atoms with Crippen molar-refractivity contribution in [3.8, 4) is 5.75 Å². The standard InChI is InChI=1S/C19H24N2O2/c1-4-17(15-11-9-14(2)10-12-15)21-19(22)20-13-16-7-5-6-8-18(16)23-3/h5-12,17H,4,13H2,1-3H3,(H2,20,21,22)/t17-/m0/s1. The van der Waals surface area contributed by atoms with E-state index in [-0.39, 0.29) is 12.1 Å². The summed E-state index contributed by atoms with van der Waals surface area (Å²) in [6, 6.07) is 15.7. The highest BCUT2D eigenvalue weighted by atomic mass is 16.5. The Morgan fingerprint density at radius 2 is 1.83 bits per heavy atom. The summed E-state index contributed by atoms with van der Waals surface area (Å²) in [7, 11) is 1.63. The Balaban J connectivity index is 1.94. The summed E-state index contributed by atoms with van der Waals surface area (Å²) < 4.78 is 5.29. The van der Waals surface area contributed by atoms with Crippen LogP contribution in [0.15, 0.2) is 48.5 Å². The van der Waals surface area contributed by atoms with Crippen LogP contribution in [-0.2, 0) is 6.54 Å². The van der Waals surface area contributed by atoms with Crippen molar-refractivity contribution < 1.29 is 9.53 Å². The van der Waals surface area contributed by atoms with Crippen molar-refractivity contribution in [3.63, 3.8) is 0 Å². The molecular weight excluding hydrogens is 288 g/mol. The molecule has 4 nitrogen and oxygen atoms in total. The summed E-state index contributed by atoms with van der Waals surface area (Å²) in [4.78, 5) is 12.2. The molecule has 0 saturated carbocycles. The number of nitrogens with one attached hydrogen (secondary N) is 2. The molecule has 0 aliphatic carbocycles. The molecule has 1 atom stereocenters. The number of aryl methyl sites for hydroxylation is 1. The third kappa shape index (κ3) is 4.74. The fraction of sp³-hybridized carbons (Fsp3) is 0.316. The fourth-order valence-corrected chi connectivity index (χ4v) is 2.45. The number of carbonyl (C=O) groups is 1. The number of benzene rings is 2. The van der Waals surface area contributed by atoms with E-state index >= 15 is 0 Å². The van der Waals surface area contributed by atoms with Crippen LogP contribution in [0.2, 0.25) is 0 Å². The fourth-order valence-electron chi connectivity index (χ4n) is 2.45. The van der Waals surface area contributed by atoms with E-state index in [9.17, 15) is 4.79 Å². The molecular formula is C19H24N2O2. The summed E-state index contributed by atoms with van der Waals surface area (Å²) in [5.74, 6) is 0.776. The molecule has 23 heavy (non-hydrogen) atoms. The van der Waals surface area contributed by atoms with Gasteiger partial charge >= 0.3 is 6.03 Å². The number of amides is 2. The second-order valence-corrected chi connectivity index (χ2v) is 5.51. The van der Waals surface area contributed by atoms with E-state index in [4.69, 9.17) is 4.74 Å². The van der Waals surface area contributed by atoms with Crippen LogP contribution in [0.3, 0.4) is 0 Å². The van der Waals surface area contributed by atoms with Crippen molar-refractivity contribution in [1.82, 2.24) is 10.6 Å². The molecule has 0 saturated heterocycles. The number of hydrogen-bond acceptors (Lipinski definition) is 2. The van der Waals surface area contributed by atoms with Gasteiger partial charge in [-0.15, -0.1) is 0 Å². The second-order valence-electron chi connectivity index (χ2n) is 5.51. The monoisotopic (exact) mass is 312 g/mol. The number of para-hydroxylation sites is 1. The highest BCUT2D eigenvalue weighted by Crippen LogP contribution is 2.18. The summed E-state index contributed by atoms with van der Waals surface area (Å²) in [5, 5.41) is 5.91. The van der Waals surface area contributed by atoms with Gasteiger partial charge in [0.1, 0.15) is 5.75 Å². The number of urea groups is 1. The first-order chi connectivity index (χ1) is 11.1. The maximum absolute atomic E-state index is 12.2. The molecule has 0 unspecified atom stereocenters. The summed E-state index contributed by atoms with van der Waals surface area (Å²) in [6.45, 7) is 4.54.